The van der Waals surface area contributed by atoms with Gasteiger partial charge in [0.25, 0.3) is 0 Å². The Morgan fingerprint density at radius 2 is 1.71 bits per heavy atom. The summed E-state index contributed by atoms with van der Waals surface area (Å²) < 4.78 is 52.5. The van der Waals surface area contributed by atoms with Crippen LogP contribution in [0.25, 0.3) is 0 Å². The second-order valence-corrected chi connectivity index (χ2v) is 10.1. The van der Waals surface area contributed by atoms with Crippen LogP contribution in [0.4, 0.5) is 9.18 Å². The standard InChI is InChI=1S/C20H30FN3O6S/c1-14(11-21)28-20(25)24-9-7-17(8-10-24)29-15-3-5-16(6-4-15)30-18-12-23-19(13-22-18)31(2,26)27/h12-17H,3-11H2,1-2H3/t14-,15-,16-/m0/s1. The van der Waals surface area contributed by atoms with Gasteiger partial charge in [0.05, 0.1) is 24.6 Å². The minimum absolute atomic E-state index is 0.00709. The Bertz CT molecular complexity index is 822. The molecule has 2 aliphatic rings. The van der Waals surface area contributed by atoms with Crippen molar-refractivity contribution in [1.29, 1.82) is 0 Å². The fraction of sp³-hybridized carbons (Fsp3) is 0.750. The Morgan fingerprint density at radius 3 is 2.26 bits per heavy atom. The molecule has 1 aromatic rings. The molecule has 2 fully saturated rings. The zero-order chi connectivity index (χ0) is 22.4. The fourth-order valence-corrected chi connectivity index (χ4v) is 4.23. The van der Waals surface area contributed by atoms with Crippen LogP contribution in [-0.2, 0) is 19.3 Å². The monoisotopic (exact) mass is 459 g/mol. The summed E-state index contributed by atoms with van der Waals surface area (Å²) in [5.74, 6) is 0.318. The van der Waals surface area contributed by atoms with Gasteiger partial charge in [-0.05, 0) is 45.4 Å². The third kappa shape index (κ3) is 6.99. The zero-order valence-corrected chi connectivity index (χ0v) is 18.7. The van der Waals surface area contributed by atoms with Gasteiger partial charge in [-0.25, -0.2) is 27.6 Å². The molecule has 0 radical (unpaired) electrons. The molecule has 1 saturated carbocycles. The summed E-state index contributed by atoms with van der Waals surface area (Å²) in [4.78, 5) is 21.5. The van der Waals surface area contributed by atoms with Crippen molar-refractivity contribution in [2.24, 2.45) is 0 Å². The Kier molecular flexibility index (Phi) is 8.04. The predicted molar refractivity (Wildman–Crippen MR) is 109 cm³/mol. The van der Waals surface area contributed by atoms with E-state index in [0.717, 1.165) is 44.8 Å². The van der Waals surface area contributed by atoms with Gasteiger partial charge in [0.15, 0.2) is 14.9 Å². The SMILES string of the molecule is C[C@@H](CF)OC(=O)N1CCC(O[C@H]2CC[C@H](Oc3cnc(S(C)(=O)=O)cn3)CC2)CC1. The molecular formula is C20H30FN3O6S. The quantitative estimate of drug-likeness (QED) is 0.612. The average molecular weight is 460 g/mol. The van der Waals surface area contributed by atoms with Crippen molar-refractivity contribution in [2.45, 2.75) is 74.9 Å². The number of hydrogen-bond donors (Lipinski definition) is 0. The highest BCUT2D eigenvalue weighted by molar-refractivity contribution is 7.90. The number of nitrogens with zero attached hydrogens (tertiary/aromatic N) is 3. The van der Waals surface area contributed by atoms with E-state index in [-0.39, 0.29) is 23.3 Å². The Hall–Kier alpha value is -2.01. The molecule has 1 amide bonds. The molecule has 3 rings (SSSR count). The Labute approximate surface area is 182 Å². The molecule has 1 aliphatic heterocycles. The summed E-state index contributed by atoms with van der Waals surface area (Å²) in [6, 6.07) is 0. The molecule has 1 aromatic heterocycles. The van der Waals surface area contributed by atoms with Crippen molar-refractivity contribution in [3.8, 4) is 5.88 Å². The summed E-state index contributed by atoms with van der Waals surface area (Å²) in [5.41, 5.74) is 0. The number of aromatic nitrogens is 2. The number of sulfone groups is 1. The van der Waals surface area contributed by atoms with Crippen molar-refractivity contribution >= 4 is 15.9 Å². The number of alkyl halides is 1. The first-order valence-electron chi connectivity index (χ1n) is 10.6. The van der Waals surface area contributed by atoms with Crippen LogP contribution < -0.4 is 4.74 Å². The van der Waals surface area contributed by atoms with Gasteiger partial charge in [-0.3, -0.25) is 0 Å². The lowest BCUT2D eigenvalue weighted by molar-refractivity contribution is -0.0663. The summed E-state index contributed by atoms with van der Waals surface area (Å²) in [6.07, 6.45) is 7.49. The highest BCUT2D eigenvalue weighted by atomic mass is 32.2. The molecule has 174 valence electrons. The number of likely N-dealkylation sites (tertiary alicyclic amines) is 1. The van der Waals surface area contributed by atoms with E-state index >= 15 is 0 Å². The number of halogens is 1. The third-order valence-electron chi connectivity index (χ3n) is 5.50. The van der Waals surface area contributed by atoms with Crippen LogP contribution in [-0.4, -0.2) is 79.8 Å². The number of carbonyl (C=O) groups is 1. The van der Waals surface area contributed by atoms with Crippen LogP contribution in [0.3, 0.4) is 0 Å². The fourth-order valence-electron chi connectivity index (χ4n) is 3.74. The van der Waals surface area contributed by atoms with Crippen LogP contribution >= 0.6 is 0 Å². The summed E-state index contributed by atoms with van der Waals surface area (Å²) in [7, 11) is -3.38. The summed E-state index contributed by atoms with van der Waals surface area (Å²) in [6.45, 7) is 1.94. The van der Waals surface area contributed by atoms with Gasteiger partial charge in [-0.15, -0.1) is 0 Å². The molecule has 1 aliphatic carbocycles. The molecule has 0 unspecified atom stereocenters. The van der Waals surface area contributed by atoms with Gasteiger partial charge in [-0.2, -0.15) is 0 Å². The minimum Gasteiger partial charge on any atom is -0.473 e. The first-order valence-corrected chi connectivity index (χ1v) is 12.5. The number of amides is 1. The maximum atomic E-state index is 12.5. The normalized spacial score (nSPS) is 23.9. The van der Waals surface area contributed by atoms with Crippen molar-refractivity contribution in [3.63, 3.8) is 0 Å². The van der Waals surface area contributed by atoms with E-state index in [0.29, 0.717) is 19.0 Å². The molecule has 1 saturated heterocycles. The van der Waals surface area contributed by atoms with Crippen molar-refractivity contribution in [3.05, 3.63) is 12.4 Å². The van der Waals surface area contributed by atoms with E-state index in [1.807, 2.05) is 0 Å². The number of piperidine rings is 1. The van der Waals surface area contributed by atoms with Crippen molar-refractivity contribution in [1.82, 2.24) is 14.9 Å². The Balaban J connectivity index is 1.37. The molecule has 2 heterocycles. The maximum Gasteiger partial charge on any atom is 0.410 e. The molecule has 1 atom stereocenters. The maximum absolute atomic E-state index is 12.5. The second-order valence-electron chi connectivity index (χ2n) is 8.15. The van der Waals surface area contributed by atoms with E-state index in [1.165, 1.54) is 19.3 Å². The van der Waals surface area contributed by atoms with Crippen LogP contribution in [0.2, 0.25) is 0 Å². The van der Waals surface area contributed by atoms with Crippen LogP contribution in [0.5, 0.6) is 5.88 Å². The molecule has 0 spiro atoms. The minimum atomic E-state index is -3.38. The molecule has 9 nitrogen and oxygen atoms in total. The predicted octanol–water partition coefficient (Wildman–Crippen LogP) is 2.55. The van der Waals surface area contributed by atoms with E-state index in [9.17, 15) is 17.6 Å². The number of rotatable bonds is 7. The van der Waals surface area contributed by atoms with Gasteiger partial charge < -0.3 is 19.1 Å². The lowest BCUT2D eigenvalue weighted by Gasteiger charge is -2.35. The lowest BCUT2D eigenvalue weighted by atomic mass is 9.94. The Morgan fingerprint density at radius 1 is 1.10 bits per heavy atom. The van der Waals surface area contributed by atoms with Crippen LogP contribution in [0.1, 0.15) is 45.4 Å². The molecule has 0 bridgehead atoms. The second kappa shape index (κ2) is 10.5. The molecular weight excluding hydrogens is 429 g/mol. The average Bonchev–Trinajstić information content (AvgIpc) is 2.75. The zero-order valence-electron chi connectivity index (χ0n) is 17.9. The molecule has 0 N–H and O–H groups in total. The first-order chi connectivity index (χ1) is 14.7. The first kappa shape index (κ1) is 23.6. The largest absolute Gasteiger partial charge is 0.473 e. The van der Waals surface area contributed by atoms with Crippen LogP contribution in [0, 0.1) is 0 Å². The third-order valence-corrected chi connectivity index (χ3v) is 6.47. The lowest BCUT2D eigenvalue weighted by Crippen LogP contribution is -2.43. The highest BCUT2D eigenvalue weighted by Crippen LogP contribution is 2.27. The van der Waals surface area contributed by atoms with Gasteiger partial charge >= 0.3 is 6.09 Å². The topological polar surface area (TPSA) is 108 Å². The van der Waals surface area contributed by atoms with E-state index < -0.39 is 28.7 Å². The van der Waals surface area contributed by atoms with Gasteiger partial charge in [0, 0.05) is 19.3 Å². The summed E-state index contributed by atoms with van der Waals surface area (Å²) in [5, 5.41) is -0.0757. The number of carbonyl (C=O) groups excluding carboxylic acids is 1. The van der Waals surface area contributed by atoms with Gasteiger partial charge in [-0.1, -0.05) is 0 Å². The van der Waals surface area contributed by atoms with Crippen molar-refractivity contribution < 1.29 is 31.8 Å². The van der Waals surface area contributed by atoms with E-state index in [1.54, 1.807) is 4.90 Å². The number of ether oxygens (including phenoxy) is 3. The molecule has 0 aromatic carbocycles. The highest BCUT2D eigenvalue weighted by Gasteiger charge is 2.29. The van der Waals surface area contributed by atoms with Gasteiger partial charge in [0.1, 0.15) is 18.9 Å². The smallest absolute Gasteiger partial charge is 0.410 e. The van der Waals surface area contributed by atoms with E-state index in [2.05, 4.69) is 9.97 Å². The number of hydrogen-bond acceptors (Lipinski definition) is 8. The van der Waals surface area contributed by atoms with E-state index in [4.69, 9.17) is 14.2 Å². The molecule has 11 heteroatoms. The molecule has 31 heavy (non-hydrogen) atoms. The van der Waals surface area contributed by atoms with Crippen molar-refractivity contribution in [2.75, 3.05) is 26.0 Å². The summed E-state index contributed by atoms with van der Waals surface area (Å²) >= 11 is 0. The van der Waals surface area contributed by atoms with Crippen LogP contribution in [0.15, 0.2) is 17.4 Å². The van der Waals surface area contributed by atoms with Gasteiger partial charge in [0.2, 0.25) is 5.88 Å².